The summed E-state index contributed by atoms with van der Waals surface area (Å²) in [6.45, 7) is 9.74. The molecule has 3 rings (SSSR count). The molecule has 0 aromatic carbocycles. The highest BCUT2D eigenvalue weighted by Gasteiger charge is 2.23. The second-order valence-corrected chi connectivity index (χ2v) is 8.21. The van der Waals surface area contributed by atoms with Gasteiger partial charge in [-0.15, -0.1) is 10.2 Å². The Morgan fingerprint density at radius 2 is 1.74 bits per heavy atom. The molecule has 0 spiro atoms. The lowest BCUT2D eigenvalue weighted by Gasteiger charge is -2.34. The van der Waals surface area contributed by atoms with Crippen LogP contribution in [0.3, 0.4) is 0 Å². The normalized spacial score (nSPS) is 20.2. The summed E-state index contributed by atoms with van der Waals surface area (Å²) in [6, 6.07) is 0.544. The van der Waals surface area contributed by atoms with Crippen molar-refractivity contribution in [3.05, 3.63) is 11.6 Å². The summed E-state index contributed by atoms with van der Waals surface area (Å²) in [4.78, 5) is 7.09. The second-order valence-electron chi connectivity index (χ2n) is 8.21. The first-order valence-corrected chi connectivity index (χ1v) is 10.8. The van der Waals surface area contributed by atoms with Gasteiger partial charge in [0, 0.05) is 32.6 Å². The Morgan fingerprint density at radius 3 is 2.44 bits per heavy atom. The number of rotatable bonds is 6. The van der Waals surface area contributed by atoms with Crippen LogP contribution in [0.15, 0.2) is 4.99 Å². The third-order valence-corrected chi connectivity index (χ3v) is 5.93. The van der Waals surface area contributed by atoms with Gasteiger partial charge in [-0.3, -0.25) is 9.89 Å². The number of fused-ring (bicyclic) bond motifs is 1. The molecule has 0 bridgehead atoms. The van der Waals surface area contributed by atoms with E-state index in [-0.39, 0.29) is 0 Å². The fourth-order valence-corrected chi connectivity index (χ4v) is 4.30. The van der Waals surface area contributed by atoms with Crippen molar-refractivity contribution < 1.29 is 0 Å². The van der Waals surface area contributed by atoms with E-state index in [9.17, 15) is 0 Å². The topological polar surface area (TPSA) is 70.4 Å². The first-order chi connectivity index (χ1) is 13.2. The van der Waals surface area contributed by atoms with Gasteiger partial charge in [-0.1, -0.05) is 26.7 Å². The molecule has 0 saturated carbocycles. The Hall–Kier alpha value is -1.63. The predicted molar refractivity (Wildman–Crippen MR) is 110 cm³/mol. The summed E-state index contributed by atoms with van der Waals surface area (Å²) >= 11 is 0. The van der Waals surface area contributed by atoms with Crippen LogP contribution in [0.1, 0.15) is 64.0 Å². The molecule has 1 unspecified atom stereocenters. The van der Waals surface area contributed by atoms with Gasteiger partial charge in [0.15, 0.2) is 11.8 Å². The molecule has 27 heavy (non-hydrogen) atoms. The van der Waals surface area contributed by atoms with E-state index < -0.39 is 0 Å². The summed E-state index contributed by atoms with van der Waals surface area (Å²) in [5.41, 5.74) is 0. The molecule has 7 heteroatoms. The third kappa shape index (κ3) is 5.43. The minimum absolute atomic E-state index is 0.544. The maximum atomic E-state index is 4.41. The average Bonchev–Trinajstić information content (AvgIpc) is 2.90. The molecule has 2 N–H and O–H groups in total. The SMILES string of the molecule is CN=C(NCc1nnc2n1CCCC2)NCC(C(C)C)N1CCCCCC1. The molecule has 2 aliphatic rings. The number of hydrogen-bond donors (Lipinski definition) is 2. The van der Waals surface area contributed by atoms with Crippen LogP contribution in [0.25, 0.3) is 0 Å². The first kappa shape index (κ1) is 20.1. The number of aryl methyl sites for hydroxylation is 1. The van der Waals surface area contributed by atoms with Crippen LogP contribution in [0.5, 0.6) is 0 Å². The van der Waals surface area contributed by atoms with Crippen LogP contribution in [0.2, 0.25) is 0 Å². The molecule has 1 aromatic rings. The summed E-state index contributed by atoms with van der Waals surface area (Å²) in [5.74, 6) is 3.61. The first-order valence-electron chi connectivity index (χ1n) is 10.8. The number of guanidine groups is 1. The summed E-state index contributed by atoms with van der Waals surface area (Å²) in [6.07, 6.45) is 8.90. The van der Waals surface area contributed by atoms with Crippen LogP contribution in [-0.2, 0) is 19.5 Å². The van der Waals surface area contributed by atoms with Crippen molar-refractivity contribution >= 4 is 5.96 Å². The van der Waals surface area contributed by atoms with Crippen molar-refractivity contribution in [3.63, 3.8) is 0 Å². The van der Waals surface area contributed by atoms with E-state index in [0.717, 1.165) is 37.1 Å². The molecule has 0 radical (unpaired) electrons. The molecule has 1 saturated heterocycles. The monoisotopic (exact) mass is 375 g/mol. The molecule has 1 aromatic heterocycles. The standard InChI is InChI=1S/C20H37N7/c1-16(2)17(26-11-7-4-5-8-12-26)14-22-20(21-3)23-15-19-25-24-18-10-6-9-13-27(18)19/h16-17H,4-15H2,1-3H3,(H2,21,22,23). The fraction of sp³-hybridized carbons (Fsp3) is 0.850. The van der Waals surface area contributed by atoms with Crippen LogP contribution >= 0.6 is 0 Å². The van der Waals surface area contributed by atoms with Crippen molar-refractivity contribution in [1.29, 1.82) is 0 Å². The lowest BCUT2D eigenvalue weighted by atomic mass is 10.0. The smallest absolute Gasteiger partial charge is 0.191 e. The van der Waals surface area contributed by atoms with Crippen LogP contribution in [0.4, 0.5) is 0 Å². The highest BCUT2D eigenvalue weighted by molar-refractivity contribution is 5.79. The summed E-state index contributed by atoms with van der Waals surface area (Å²) in [7, 11) is 1.84. The van der Waals surface area contributed by atoms with E-state index in [1.807, 2.05) is 7.05 Å². The highest BCUT2D eigenvalue weighted by atomic mass is 15.3. The molecule has 1 fully saturated rings. The molecular weight excluding hydrogens is 338 g/mol. The van der Waals surface area contributed by atoms with Crippen LogP contribution in [0, 0.1) is 5.92 Å². The molecule has 1 atom stereocenters. The molecule has 2 aliphatic heterocycles. The van der Waals surface area contributed by atoms with Gasteiger partial charge in [0.05, 0.1) is 6.54 Å². The lowest BCUT2D eigenvalue weighted by molar-refractivity contribution is 0.161. The quantitative estimate of drug-likeness (QED) is 0.589. The Labute approximate surface area is 164 Å². The van der Waals surface area contributed by atoms with E-state index in [1.54, 1.807) is 0 Å². The zero-order valence-electron chi connectivity index (χ0n) is 17.4. The Bertz CT molecular complexity index is 599. The maximum absolute atomic E-state index is 4.41. The third-order valence-electron chi connectivity index (χ3n) is 5.93. The molecule has 7 nitrogen and oxygen atoms in total. The van der Waals surface area contributed by atoms with E-state index in [1.165, 1.54) is 51.6 Å². The number of likely N-dealkylation sites (tertiary alicyclic amines) is 1. The van der Waals surface area contributed by atoms with Crippen molar-refractivity contribution in [2.24, 2.45) is 10.9 Å². The van der Waals surface area contributed by atoms with Gasteiger partial charge >= 0.3 is 0 Å². The minimum atomic E-state index is 0.544. The van der Waals surface area contributed by atoms with Gasteiger partial charge in [0.2, 0.25) is 0 Å². The van der Waals surface area contributed by atoms with Crippen molar-refractivity contribution in [3.8, 4) is 0 Å². The largest absolute Gasteiger partial charge is 0.355 e. The van der Waals surface area contributed by atoms with Gasteiger partial charge in [-0.2, -0.15) is 0 Å². The summed E-state index contributed by atoms with van der Waals surface area (Å²) < 4.78 is 2.26. The Balaban J connectivity index is 1.52. The van der Waals surface area contributed by atoms with Crippen LogP contribution in [-0.4, -0.2) is 58.3 Å². The number of aromatic nitrogens is 3. The zero-order chi connectivity index (χ0) is 19.1. The predicted octanol–water partition coefficient (Wildman–Crippen LogP) is 2.18. The van der Waals surface area contributed by atoms with Gasteiger partial charge < -0.3 is 15.2 Å². The second kappa shape index (κ2) is 10.1. The van der Waals surface area contributed by atoms with Crippen molar-refractivity contribution in [2.45, 2.75) is 77.9 Å². The maximum Gasteiger partial charge on any atom is 0.191 e. The van der Waals surface area contributed by atoms with E-state index in [4.69, 9.17) is 0 Å². The fourth-order valence-electron chi connectivity index (χ4n) is 4.30. The van der Waals surface area contributed by atoms with Crippen molar-refractivity contribution in [2.75, 3.05) is 26.7 Å². The highest BCUT2D eigenvalue weighted by Crippen LogP contribution is 2.17. The van der Waals surface area contributed by atoms with Gasteiger partial charge in [0.25, 0.3) is 0 Å². The molecular formula is C20H37N7. The average molecular weight is 376 g/mol. The van der Waals surface area contributed by atoms with Gasteiger partial charge in [-0.25, -0.2) is 0 Å². The number of aliphatic imine (C=N–C) groups is 1. The molecule has 0 amide bonds. The molecule has 0 aliphatic carbocycles. The van der Waals surface area contributed by atoms with Gasteiger partial charge in [-0.05, 0) is 44.7 Å². The molecule has 3 heterocycles. The van der Waals surface area contributed by atoms with Gasteiger partial charge in [0.1, 0.15) is 5.82 Å². The van der Waals surface area contributed by atoms with E-state index in [0.29, 0.717) is 18.5 Å². The summed E-state index contributed by atoms with van der Waals surface area (Å²) in [5, 5.41) is 15.7. The van der Waals surface area contributed by atoms with Crippen molar-refractivity contribution in [1.82, 2.24) is 30.3 Å². The Morgan fingerprint density at radius 1 is 1.00 bits per heavy atom. The number of hydrogen-bond acceptors (Lipinski definition) is 4. The van der Waals surface area contributed by atoms with E-state index in [2.05, 4.69) is 49.1 Å². The number of nitrogens with zero attached hydrogens (tertiary/aromatic N) is 5. The van der Waals surface area contributed by atoms with E-state index >= 15 is 0 Å². The molecule has 152 valence electrons. The zero-order valence-corrected chi connectivity index (χ0v) is 17.4. The number of nitrogens with one attached hydrogen (secondary N) is 2. The van der Waals surface area contributed by atoms with Crippen LogP contribution < -0.4 is 10.6 Å². The Kier molecular flexibility index (Phi) is 7.50. The lowest BCUT2D eigenvalue weighted by Crippen LogP contribution is -2.49. The minimum Gasteiger partial charge on any atom is -0.355 e.